The highest BCUT2D eigenvalue weighted by molar-refractivity contribution is 6.20. The number of halogens is 1. The molecule has 1 aliphatic rings. The maximum atomic E-state index is 12.1. The molecular weight excluding hydrogens is 236 g/mol. The molecule has 1 aromatic heterocycles. The zero-order valence-corrected chi connectivity index (χ0v) is 10.7. The zero-order valence-electron chi connectivity index (χ0n) is 9.97. The Morgan fingerprint density at radius 3 is 2.53 bits per heavy atom. The topological polar surface area (TPSA) is 33.2 Å². The van der Waals surface area contributed by atoms with E-state index in [1.807, 2.05) is 11.8 Å². The number of aromatic nitrogens is 1. The summed E-state index contributed by atoms with van der Waals surface area (Å²) in [5.41, 5.74) is 0.720. The molecule has 0 aliphatic carbocycles. The van der Waals surface area contributed by atoms with Gasteiger partial charge in [0.1, 0.15) is 0 Å². The largest absolute Gasteiger partial charge is 0.339 e. The van der Waals surface area contributed by atoms with Crippen LogP contribution in [0.15, 0.2) is 24.5 Å². The van der Waals surface area contributed by atoms with Gasteiger partial charge in [0, 0.05) is 36.4 Å². The number of pyridine rings is 1. The van der Waals surface area contributed by atoms with Crippen molar-refractivity contribution in [1.29, 1.82) is 0 Å². The van der Waals surface area contributed by atoms with Gasteiger partial charge >= 0.3 is 0 Å². The number of hydrogen-bond acceptors (Lipinski definition) is 2. The second-order valence-electron chi connectivity index (χ2n) is 4.54. The Balaban J connectivity index is 1.95. The fourth-order valence-corrected chi connectivity index (χ4v) is 2.49. The van der Waals surface area contributed by atoms with Crippen LogP contribution in [0.5, 0.6) is 0 Å². The van der Waals surface area contributed by atoms with Gasteiger partial charge in [0.25, 0.3) is 5.91 Å². The number of nitrogens with zero attached hydrogens (tertiary/aromatic N) is 2. The van der Waals surface area contributed by atoms with E-state index in [0.29, 0.717) is 5.92 Å². The lowest BCUT2D eigenvalue weighted by molar-refractivity contribution is 0.0690. The number of amides is 1. The van der Waals surface area contributed by atoms with Crippen molar-refractivity contribution in [3.63, 3.8) is 0 Å². The minimum absolute atomic E-state index is 0.105. The maximum absolute atomic E-state index is 12.1. The van der Waals surface area contributed by atoms with E-state index in [1.165, 1.54) is 0 Å². The molecule has 3 nitrogen and oxygen atoms in total. The van der Waals surface area contributed by atoms with Crippen LogP contribution in [0.3, 0.4) is 0 Å². The van der Waals surface area contributed by atoms with E-state index in [0.717, 1.165) is 31.5 Å². The van der Waals surface area contributed by atoms with Gasteiger partial charge in [-0.15, -0.1) is 11.6 Å². The van der Waals surface area contributed by atoms with Crippen LogP contribution < -0.4 is 0 Å². The van der Waals surface area contributed by atoms with Crippen molar-refractivity contribution < 1.29 is 4.79 Å². The average molecular weight is 253 g/mol. The molecule has 0 radical (unpaired) electrons. The molecule has 0 aromatic carbocycles. The average Bonchev–Trinajstić information content (AvgIpc) is 2.39. The van der Waals surface area contributed by atoms with Crippen molar-refractivity contribution >= 4 is 17.5 Å². The molecule has 2 rings (SSSR count). The summed E-state index contributed by atoms with van der Waals surface area (Å²) in [6, 6.07) is 3.52. The molecule has 2 heterocycles. The summed E-state index contributed by atoms with van der Waals surface area (Å²) in [5.74, 6) is 0.645. The second-order valence-corrected chi connectivity index (χ2v) is 5.23. The number of carbonyl (C=O) groups excluding carboxylic acids is 1. The molecule has 0 spiro atoms. The Kier molecular flexibility index (Phi) is 4.00. The summed E-state index contributed by atoms with van der Waals surface area (Å²) < 4.78 is 0. The van der Waals surface area contributed by atoms with Crippen LogP contribution in [0.4, 0.5) is 0 Å². The SMILES string of the molecule is CC(Cl)C1CCN(C(=O)c2ccncc2)CC1. The van der Waals surface area contributed by atoms with Gasteiger partial charge < -0.3 is 4.90 Å². The van der Waals surface area contributed by atoms with Crippen LogP contribution in [0.1, 0.15) is 30.1 Å². The summed E-state index contributed by atoms with van der Waals surface area (Å²) in [6.07, 6.45) is 5.31. The number of rotatable bonds is 2. The van der Waals surface area contributed by atoms with E-state index in [4.69, 9.17) is 11.6 Å². The lowest BCUT2D eigenvalue weighted by atomic mass is 9.93. The first-order chi connectivity index (χ1) is 8.18. The number of hydrogen-bond donors (Lipinski definition) is 0. The monoisotopic (exact) mass is 252 g/mol. The van der Waals surface area contributed by atoms with Gasteiger partial charge in [0.05, 0.1) is 0 Å². The van der Waals surface area contributed by atoms with Crippen LogP contribution in [-0.2, 0) is 0 Å². The highest BCUT2D eigenvalue weighted by atomic mass is 35.5. The molecule has 17 heavy (non-hydrogen) atoms. The summed E-state index contributed by atoms with van der Waals surface area (Å²) in [6.45, 7) is 3.65. The summed E-state index contributed by atoms with van der Waals surface area (Å²) in [4.78, 5) is 18.0. The molecule has 1 amide bonds. The van der Waals surface area contributed by atoms with Crippen molar-refractivity contribution in [2.45, 2.75) is 25.1 Å². The van der Waals surface area contributed by atoms with E-state index in [9.17, 15) is 4.79 Å². The Bertz CT molecular complexity index is 372. The van der Waals surface area contributed by atoms with Crippen LogP contribution >= 0.6 is 11.6 Å². The lowest BCUT2D eigenvalue weighted by Crippen LogP contribution is -2.40. The van der Waals surface area contributed by atoms with Crippen LogP contribution in [0.25, 0.3) is 0 Å². The zero-order chi connectivity index (χ0) is 12.3. The van der Waals surface area contributed by atoms with Crippen LogP contribution in [0, 0.1) is 5.92 Å². The van der Waals surface area contributed by atoms with Crippen molar-refractivity contribution in [2.24, 2.45) is 5.92 Å². The van der Waals surface area contributed by atoms with Gasteiger partial charge in [0.15, 0.2) is 0 Å². The summed E-state index contributed by atoms with van der Waals surface area (Å²) in [5, 5.41) is 0.202. The molecule has 4 heteroatoms. The predicted octanol–water partition coefficient (Wildman–Crippen LogP) is 2.56. The third-order valence-corrected chi connectivity index (χ3v) is 3.76. The van der Waals surface area contributed by atoms with Gasteiger partial charge in [-0.2, -0.15) is 0 Å². The number of alkyl halides is 1. The van der Waals surface area contributed by atoms with E-state index < -0.39 is 0 Å². The molecule has 1 fully saturated rings. The Hall–Kier alpha value is -1.09. The molecule has 1 saturated heterocycles. The molecular formula is C13H17ClN2O. The smallest absolute Gasteiger partial charge is 0.253 e. The van der Waals surface area contributed by atoms with Crippen molar-refractivity contribution in [2.75, 3.05) is 13.1 Å². The maximum Gasteiger partial charge on any atom is 0.253 e. The summed E-state index contributed by atoms with van der Waals surface area (Å²) >= 11 is 6.09. The minimum atomic E-state index is 0.105. The predicted molar refractivity (Wildman–Crippen MR) is 68.2 cm³/mol. The first-order valence-electron chi connectivity index (χ1n) is 6.02. The quantitative estimate of drug-likeness (QED) is 0.758. The Labute approximate surface area is 107 Å². The molecule has 92 valence electrons. The Morgan fingerprint density at radius 2 is 2.00 bits per heavy atom. The fraction of sp³-hybridized carbons (Fsp3) is 0.538. The van der Waals surface area contributed by atoms with E-state index >= 15 is 0 Å². The number of carbonyl (C=O) groups is 1. The van der Waals surface area contributed by atoms with E-state index in [1.54, 1.807) is 24.5 Å². The first kappa shape index (κ1) is 12.4. The second kappa shape index (κ2) is 5.50. The summed E-state index contributed by atoms with van der Waals surface area (Å²) in [7, 11) is 0. The van der Waals surface area contributed by atoms with Gasteiger partial charge in [-0.3, -0.25) is 9.78 Å². The number of piperidine rings is 1. The molecule has 0 saturated carbocycles. The third-order valence-electron chi connectivity index (χ3n) is 3.40. The van der Waals surface area contributed by atoms with Gasteiger partial charge in [-0.1, -0.05) is 0 Å². The van der Waals surface area contributed by atoms with Crippen LogP contribution in [0.2, 0.25) is 0 Å². The highest BCUT2D eigenvalue weighted by Crippen LogP contribution is 2.24. The van der Waals surface area contributed by atoms with Gasteiger partial charge in [-0.05, 0) is 37.8 Å². The molecule has 1 aliphatic heterocycles. The normalized spacial score (nSPS) is 19.1. The van der Waals surface area contributed by atoms with Crippen molar-refractivity contribution in [3.05, 3.63) is 30.1 Å². The minimum Gasteiger partial charge on any atom is -0.339 e. The number of likely N-dealkylation sites (tertiary alicyclic amines) is 1. The molecule has 0 N–H and O–H groups in total. The molecule has 1 atom stereocenters. The van der Waals surface area contributed by atoms with E-state index in [2.05, 4.69) is 4.98 Å². The van der Waals surface area contributed by atoms with E-state index in [-0.39, 0.29) is 11.3 Å². The standard InChI is InChI=1S/C13H17ClN2O/c1-10(14)11-4-8-16(9-5-11)13(17)12-2-6-15-7-3-12/h2-3,6-7,10-11H,4-5,8-9H2,1H3. The molecule has 1 unspecified atom stereocenters. The third kappa shape index (κ3) is 2.97. The first-order valence-corrected chi connectivity index (χ1v) is 6.45. The lowest BCUT2D eigenvalue weighted by Gasteiger charge is -2.33. The fourth-order valence-electron chi connectivity index (χ4n) is 2.24. The van der Waals surface area contributed by atoms with Gasteiger partial charge in [-0.25, -0.2) is 0 Å². The Morgan fingerprint density at radius 1 is 1.41 bits per heavy atom. The van der Waals surface area contributed by atoms with Crippen LogP contribution in [-0.4, -0.2) is 34.3 Å². The van der Waals surface area contributed by atoms with Gasteiger partial charge in [0.2, 0.25) is 0 Å². The molecule has 0 bridgehead atoms. The van der Waals surface area contributed by atoms with Crippen molar-refractivity contribution in [3.8, 4) is 0 Å². The molecule has 1 aromatic rings. The highest BCUT2D eigenvalue weighted by Gasteiger charge is 2.25. The van der Waals surface area contributed by atoms with Crippen molar-refractivity contribution in [1.82, 2.24) is 9.88 Å².